The van der Waals surface area contributed by atoms with Crippen LogP contribution < -0.4 is 4.74 Å². The Morgan fingerprint density at radius 3 is 2.63 bits per heavy atom. The lowest BCUT2D eigenvalue weighted by Gasteiger charge is -2.43. The van der Waals surface area contributed by atoms with E-state index in [4.69, 9.17) is 9.84 Å². The molecule has 1 aromatic rings. The quantitative estimate of drug-likeness (QED) is 0.777. The van der Waals surface area contributed by atoms with Crippen molar-refractivity contribution in [2.75, 3.05) is 13.1 Å². The van der Waals surface area contributed by atoms with Crippen LogP contribution in [-0.4, -0.2) is 40.6 Å². The number of nitrogens with zero attached hydrogens (tertiary/aromatic N) is 1. The van der Waals surface area contributed by atoms with Gasteiger partial charge in [-0.25, -0.2) is 4.79 Å². The number of benzene rings is 1. The first kappa shape index (κ1) is 12.0. The highest BCUT2D eigenvalue weighted by Gasteiger charge is 2.43. The highest BCUT2D eigenvalue weighted by Crippen LogP contribution is 2.39. The van der Waals surface area contributed by atoms with Gasteiger partial charge in [-0.05, 0) is 12.1 Å². The van der Waals surface area contributed by atoms with Gasteiger partial charge in [0.1, 0.15) is 11.4 Å². The fraction of sp³-hybridized carbons (Fsp3) is 0.429. The van der Waals surface area contributed by atoms with Gasteiger partial charge < -0.3 is 14.7 Å². The SMILES string of the molecule is O=C1CC2(CCN(C(=O)O)CC2)Oc2ccccc21. The summed E-state index contributed by atoms with van der Waals surface area (Å²) >= 11 is 0. The molecule has 2 aliphatic rings. The predicted octanol–water partition coefficient (Wildman–Crippen LogP) is 2.16. The first-order valence-electron chi connectivity index (χ1n) is 6.39. The third-order valence-corrected chi connectivity index (χ3v) is 3.94. The lowest BCUT2D eigenvalue weighted by molar-refractivity contribution is -0.00519. The van der Waals surface area contributed by atoms with Crippen molar-refractivity contribution >= 4 is 11.9 Å². The van der Waals surface area contributed by atoms with Crippen molar-refractivity contribution in [2.24, 2.45) is 0 Å². The minimum absolute atomic E-state index is 0.0885. The van der Waals surface area contributed by atoms with Gasteiger partial charge in [0.25, 0.3) is 0 Å². The van der Waals surface area contributed by atoms with Crippen LogP contribution in [0.4, 0.5) is 4.79 Å². The largest absolute Gasteiger partial charge is 0.486 e. The highest BCUT2D eigenvalue weighted by atomic mass is 16.5. The molecule has 2 aliphatic heterocycles. The zero-order valence-electron chi connectivity index (χ0n) is 10.5. The molecule has 0 radical (unpaired) electrons. The van der Waals surface area contributed by atoms with Crippen LogP contribution in [0, 0.1) is 0 Å². The summed E-state index contributed by atoms with van der Waals surface area (Å²) in [5.74, 6) is 0.716. The van der Waals surface area contributed by atoms with Gasteiger partial charge in [0, 0.05) is 25.9 Å². The van der Waals surface area contributed by atoms with E-state index in [1.807, 2.05) is 12.1 Å². The van der Waals surface area contributed by atoms with Crippen LogP contribution in [0.2, 0.25) is 0 Å². The lowest BCUT2D eigenvalue weighted by atomic mass is 9.82. The highest BCUT2D eigenvalue weighted by molar-refractivity contribution is 6.00. The molecule has 0 atom stereocenters. The molecule has 1 fully saturated rings. The van der Waals surface area contributed by atoms with Gasteiger partial charge in [0.05, 0.1) is 12.0 Å². The Balaban J connectivity index is 1.82. The third kappa shape index (κ3) is 2.05. The number of ketones is 1. The van der Waals surface area contributed by atoms with E-state index in [1.54, 1.807) is 12.1 Å². The number of Topliss-reactive ketones (excluding diaryl/α,β-unsaturated/α-hetero) is 1. The van der Waals surface area contributed by atoms with Gasteiger partial charge in [0.2, 0.25) is 0 Å². The number of amides is 1. The second kappa shape index (κ2) is 4.26. The van der Waals surface area contributed by atoms with Crippen molar-refractivity contribution in [3.63, 3.8) is 0 Å². The fourth-order valence-electron chi connectivity index (χ4n) is 2.83. The van der Waals surface area contributed by atoms with Gasteiger partial charge >= 0.3 is 6.09 Å². The number of rotatable bonds is 0. The van der Waals surface area contributed by atoms with Crippen molar-refractivity contribution in [2.45, 2.75) is 24.9 Å². The maximum absolute atomic E-state index is 12.2. The number of hydrogen-bond donors (Lipinski definition) is 1. The van der Waals surface area contributed by atoms with Crippen LogP contribution in [0.5, 0.6) is 5.75 Å². The first-order valence-corrected chi connectivity index (χ1v) is 6.39. The number of carbonyl (C=O) groups excluding carboxylic acids is 1. The van der Waals surface area contributed by atoms with Crippen molar-refractivity contribution < 1.29 is 19.4 Å². The Morgan fingerprint density at radius 1 is 1.26 bits per heavy atom. The van der Waals surface area contributed by atoms with Gasteiger partial charge in [-0.15, -0.1) is 0 Å². The van der Waals surface area contributed by atoms with Crippen LogP contribution >= 0.6 is 0 Å². The van der Waals surface area contributed by atoms with Crippen LogP contribution in [0.25, 0.3) is 0 Å². The van der Waals surface area contributed by atoms with Crippen LogP contribution in [0.15, 0.2) is 24.3 Å². The van der Waals surface area contributed by atoms with E-state index >= 15 is 0 Å². The molecular formula is C14H15NO4. The fourth-order valence-corrected chi connectivity index (χ4v) is 2.83. The Bertz CT molecular complexity index is 532. The number of piperidine rings is 1. The molecule has 1 aromatic carbocycles. The van der Waals surface area contributed by atoms with Crippen molar-refractivity contribution in [3.05, 3.63) is 29.8 Å². The smallest absolute Gasteiger partial charge is 0.407 e. The van der Waals surface area contributed by atoms with Crippen molar-refractivity contribution in [3.8, 4) is 5.75 Å². The number of fused-ring (bicyclic) bond motifs is 1. The maximum atomic E-state index is 12.2. The van der Waals surface area contributed by atoms with E-state index < -0.39 is 11.7 Å². The van der Waals surface area contributed by atoms with E-state index in [2.05, 4.69) is 0 Å². The minimum atomic E-state index is -0.905. The first-order chi connectivity index (χ1) is 9.10. The molecule has 19 heavy (non-hydrogen) atoms. The van der Waals surface area contributed by atoms with E-state index in [1.165, 1.54) is 4.90 Å². The van der Waals surface area contributed by atoms with E-state index in [9.17, 15) is 9.59 Å². The van der Waals surface area contributed by atoms with E-state index in [0.717, 1.165) is 0 Å². The topological polar surface area (TPSA) is 66.8 Å². The summed E-state index contributed by atoms with van der Waals surface area (Å²) in [7, 11) is 0. The molecular weight excluding hydrogens is 246 g/mol. The van der Waals surface area contributed by atoms with E-state index in [-0.39, 0.29) is 5.78 Å². The summed E-state index contributed by atoms with van der Waals surface area (Å²) in [5, 5.41) is 8.95. The molecule has 2 heterocycles. The van der Waals surface area contributed by atoms with E-state index in [0.29, 0.717) is 43.7 Å². The number of para-hydroxylation sites is 1. The Hall–Kier alpha value is -2.04. The predicted molar refractivity (Wildman–Crippen MR) is 67.6 cm³/mol. The van der Waals surface area contributed by atoms with Crippen LogP contribution in [0.3, 0.4) is 0 Å². The molecule has 1 amide bonds. The number of carbonyl (C=O) groups is 2. The number of carboxylic acid groups (broad SMARTS) is 1. The zero-order chi connectivity index (χ0) is 13.5. The monoisotopic (exact) mass is 261 g/mol. The molecule has 1 N–H and O–H groups in total. The molecule has 0 aliphatic carbocycles. The summed E-state index contributed by atoms with van der Waals surface area (Å²) in [6.45, 7) is 0.843. The Kier molecular flexibility index (Phi) is 2.69. The molecule has 1 saturated heterocycles. The summed E-state index contributed by atoms with van der Waals surface area (Å²) in [6, 6.07) is 7.25. The Morgan fingerprint density at radius 2 is 1.95 bits per heavy atom. The van der Waals surface area contributed by atoms with Crippen molar-refractivity contribution in [1.29, 1.82) is 0 Å². The number of ether oxygens (including phenoxy) is 1. The summed E-state index contributed by atoms with van der Waals surface area (Å²) < 4.78 is 6.02. The average molecular weight is 261 g/mol. The van der Waals surface area contributed by atoms with Crippen LogP contribution in [-0.2, 0) is 0 Å². The number of likely N-dealkylation sites (tertiary alicyclic amines) is 1. The molecule has 0 bridgehead atoms. The summed E-state index contributed by atoms with van der Waals surface area (Å²) in [5.41, 5.74) is 0.117. The lowest BCUT2D eigenvalue weighted by Crippen LogP contribution is -2.52. The van der Waals surface area contributed by atoms with Gasteiger partial charge in [0.15, 0.2) is 5.78 Å². The Labute approximate surface area is 110 Å². The third-order valence-electron chi connectivity index (χ3n) is 3.94. The zero-order valence-corrected chi connectivity index (χ0v) is 10.5. The molecule has 5 heteroatoms. The standard InChI is InChI=1S/C14H15NO4/c16-11-9-14(5-7-15(8-6-14)13(17)18)19-12-4-2-1-3-10(11)12/h1-4H,5-9H2,(H,17,18). The molecule has 0 unspecified atom stereocenters. The second-order valence-electron chi connectivity index (χ2n) is 5.15. The normalized spacial score (nSPS) is 20.8. The molecule has 0 saturated carbocycles. The van der Waals surface area contributed by atoms with Gasteiger partial charge in [-0.3, -0.25) is 4.79 Å². The molecule has 1 spiro atoms. The summed E-state index contributed by atoms with van der Waals surface area (Å²) in [4.78, 5) is 24.4. The van der Waals surface area contributed by atoms with Crippen LogP contribution in [0.1, 0.15) is 29.6 Å². The number of hydrogen-bond acceptors (Lipinski definition) is 3. The minimum Gasteiger partial charge on any atom is -0.486 e. The average Bonchev–Trinajstić information content (AvgIpc) is 2.39. The summed E-state index contributed by atoms with van der Waals surface area (Å²) in [6.07, 6.45) is 0.577. The molecule has 3 rings (SSSR count). The molecule has 100 valence electrons. The maximum Gasteiger partial charge on any atom is 0.407 e. The molecule has 5 nitrogen and oxygen atoms in total. The second-order valence-corrected chi connectivity index (χ2v) is 5.15. The van der Waals surface area contributed by atoms with Gasteiger partial charge in [-0.1, -0.05) is 12.1 Å². The van der Waals surface area contributed by atoms with Gasteiger partial charge in [-0.2, -0.15) is 0 Å². The molecule has 0 aromatic heterocycles. The van der Waals surface area contributed by atoms with Crippen molar-refractivity contribution in [1.82, 2.24) is 4.90 Å².